The van der Waals surface area contributed by atoms with Crippen LogP contribution in [0.25, 0.3) is 0 Å². The molecule has 0 radical (unpaired) electrons. The molecule has 0 spiro atoms. The van der Waals surface area contributed by atoms with Gasteiger partial charge in [-0.1, -0.05) is 18.2 Å². The molecule has 1 saturated carbocycles. The van der Waals surface area contributed by atoms with Gasteiger partial charge in [0.1, 0.15) is 5.75 Å². The van der Waals surface area contributed by atoms with Gasteiger partial charge in [0, 0.05) is 30.9 Å². The van der Waals surface area contributed by atoms with Gasteiger partial charge in [0.05, 0.1) is 0 Å². The summed E-state index contributed by atoms with van der Waals surface area (Å²) in [6.07, 6.45) is 4.43. The fourth-order valence-electron chi connectivity index (χ4n) is 3.59. The number of nitrogens with one attached hydrogen (secondary N) is 1. The average Bonchev–Trinajstić information content (AvgIpc) is 3.44. The summed E-state index contributed by atoms with van der Waals surface area (Å²) in [5.74, 6) is 0.979. The van der Waals surface area contributed by atoms with E-state index in [0.717, 1.165) is 48.3 Å². The van der Waals surface area contributed by atoms with Gasteiger partial charge in [-0.25, -0.2) is 0 Å². The molecule has 0 saturated heterocycles. The molecule has 4 rings (SSSR count). The third-order valence-corrected chi connectivity index (χ3v) is 5.07. The molecule has 2 aliphatic rings. The molecule has 0 bridgehead atoms. The van der Waals surface area contributed by atoms with Gasteiger partial charge in [0.15, 0.2) is 0 Å². The highest BCUT2D eigenvalue weighted by Crippen LogP contribution is 2.32. The summed E-state index contributed by atoms with van der Waals surface area (Å²) in [7, 11) is 0. The number of phenols is 1. The maximum Gasteiger partial charge on any atom is 0.254 e. The Morgan fingerprint density at radius 2 is 2.04 bits per heavy atom. The lowest BCUT2D eigenvalue weighted by atomic mass is 9.96. The highest BCUT2D eigenvalue weighted by atomic mass is 16.3. The molecule has 2 aromatic rings. The molecule has 1 fully saturated rings. The standard InChI is InChI=1S/C21H24N2O2/c24-17-5-1-4-16(12-17)14-23(13-15-9-10-15)21(25)19-6-2-8-20-18(19)7-3-11-22-20/h1-2,4-6,8,12,15,22,24H,3,7,9-11,13-14H2. The Balaban J connectivity index is 1.61. The Bertz CT molecular complexity index is 783. The molecule has 1 aliphatic carbocycles. The maximum atomic E-state index is 13.3. The predicted octanol–water partition coefficient (Wildman–Crippen LogP) is 3.80. The predicted molar refractivity (Wildman–Crippen MR) is 98.8 cm³/mol. The van der Waals surface area contributed by atoms with Gasteiger partial charge in [0.25, 0.3) is 5.91 Å². The van der Waals surface area contributed by atoms with Crippen LogP contribution in [0, 0.1) is 5.92 Å². The zero-order valence-electron chi connectivity index (χ0n) is 14.4. The van der Waals surface area contributed by atoms with E-state index in [1.54, 1.807) is 12.1 Å². The molecular formula is C21H24N2O2. The molecule has 0 atom stereocenters. The summed E-state index contributed by atoms with van der Waals surface area (Å²) < 4.78 is 0. The number of hydrogen-bond donors (Lipinski definition) is 2. The van der Waals surface area contributed by atoms with E-state index in [0.29, 0.717) is 12.5 Å². The smallest absolute Gasteiger partial charge is 0.254 e. The summed E-state index contributed by atoms with van der Waals surface area (Å²) in [4.78, 5) is 15.3. The van der Waals surface area contributed by atoms with Crippen molar-refractivity contribution in [3.63, 3.8) is 0 Å². The third-order valence-electron chi connectivity index (χ3n) is 5.07. The first-order valence-corrected chi connectivity index (χ1v) is 9.13. The van der Waals surface area contributed by atoms with Gasteiger partial charge < -0.3 is 15.3 Å². The first kappa shape index (κ1) is 16.0. The highest BCUT2D eigenvalue weighted by Gasteiger charge is 2.29. The number of fused-ring (bicyclic) bond motifs is 1. The normalized spacial score (nSPS) is 16.0. The highest BCUT2D eigenvalue weighted by molar-refractivity contribution is 5.97. The van der Waals surface area contributed by atoms with E-state index in [-0.39, 0.29) is 11.7 Å². The second kappa shape index (κ2) is 6.79. The molecule has 130 valence electrons. The number of aromatic hydroxyl groups is 1. The molecule has 1 aliphatic heterocycles. The molecule has 0 unspecified atom stereocenters. The number of benzene rings is 2. The Morgan fingerprint density at radius 1 is 1.20 bits per heavy atom. The Morgan fingerprint density at radius 3 is 2.84 bits per heavy atom. The number of hydrogen-bond acceptors (Lipinski definition) is 3. The van der Waals surface area contributed by atoms with Crippen LogP contribution >= 0.6 is 0 Å². The topological polar surface area (TPSA) is 52.6 Å². The van der Waals surface area contributed by atoms with Crippen molar-refractivity contribution in [3.05, 3.63) is 59.2 Å². The van der Waals surface area contributed by atoms with Crippen molar-refractivity contribution in [2.45, 2.75) is 32.2 Å². The fourth-order valence-corrected chi connectivity index (χ4v) is 3.59. The first-order valence-electron chi connectivity index (χ1n) is 9.13. The summed E-state index contributed by atoms with van der Waals surface area (Å²) >= 11 is 0. The van der Waals surface area contributed by atoms with Crippen LogP contribution < -0.4 is 5.32 Å². The Hall–Kier alpha value is -2.49. The lowest BCUT2D eigenvalue weighted by molar-refractivity contribution is 0.0733. The summed E-state index contributed by atoms with van der Waals surface area (Å²) in [6, 6.07) is 13.2. The van der Waals surface area contributed by atoms with E-state index in [2.05, 4.69) is 11.4 Å². The second-order valence-corrected chi connectivity index (χ2v) is 7.16. The van der Waals surface area contributed by atoms with E-state index < -0.39 is 0 Å². The van der Waals surface area contributed by atoms with Gasteiger partial charge in [-0.2, -0.15) is 0 Å². The number of nitrogens with zero attached hydrogens (tertiary/aromatic N) is 1. The third kappa shape index (κ3) is 3.63. The van der Waals surface area contributed by atoms with Crippen LogP contribution in [-0.2, 0) is 13.0 Å². The molecule has 4 nitrogen and oxygen atoms in total. The van der Waals surface area contributed by atoms with Gasteiger partial charge in [-0.3, -0.25) is 4.79 Å². The summed E-state index contributed by atoms with van der Waals surface area (Å²) in [5.41, 5.74) is 4.04. The number of rotatable bonds is 5. The van der Waals surface area contributed by atoms with Crippen molar-refractivity contribution in [1.82, 2.24) is 4.90 Å². The van der Waals surface area contributed by atoms with Crippen LogP contribution in [0.1, 0.15) is 40.7 Å². The molecule has 2 aromatic carbocycles. The van der Waals surface area contributed by atoms with Crippen LogP contribution in [0.3, 0.4) is 0 Å². The Labute approximate surface area is 148 Å². The van der Waals surface area contributed by atoms with Crippen molar-refractivity contribution in [3.8, 4) is 5.75 Å². The fraction of sp³-hybridized carbons (Fsp3) is 0.381. The monoisotopic (exact) mass is 336 g/mol. The minimum absolute atomic E-state index is 0.107. The van der Waals surface area contributed by atoms with Crippen molar-refractivity contribution in [1.29, 1.82) is 0 Å². The number of amides is 1. The molecule has 2 N–H and O–H groups in total. The van der Waals surface area contributed by atoms with E-state index in [1.807, 2.05) is 29.2 Å². The summed E-state index contributed by atoms with van der Waals surface area (Å²) in [5, 5.41) is 13.1. The molecule has 1 amide bonds. The van der Waals surface area contributed by atoms with Gasteiger partial charge in [-0.05, 0) is 67.0 Å². The number of carbonyl (C=O) groups excluding carboxylic acids is 1. The number of carbonyl (C=O) groups is 1. The van der Waals surface area contributed by atoms with Crippen LogP contribution in [-0.4, -0.2) is 29.0 Å². The molecule has 4 heteroatoms. The minimum atomic E-state index is 0.107. The number of phenolic OH excluding ortho intramolecular Hbond substituents is 1. The minimum Gasteiger partial charge on any atom is -0.508 e. The van der Waals surface area contributed by atoms with Crippen LogP contribution in [0.2, 0.25) is 0 Å². The quantitative estimate of drug-likeness (QED) is 0.873. The van der Waals surface area contributed by atoms with Crippen LogP contribution in [0.15, 0.2) is 42.5 Å². The zero-order chi connectivity index (χ0) is 17.2. The van der Waals surface area contributed by atoms with Crippen molar-refractivity contribution < 1.29 is 9.90 Å². The van der Waals surface area contributed by atoms with E-state index in [9.17, 15) is 9.90 Å². The first-order chi connectivity index (χ1) is 12.2. The van der Waals surface area contributed by atoms with Gasteiger partial charge in [0.2, 0.25) is 0 Å². The maximum absolute atomic E-state index is 13.3. The lowest BCUT2D eigenvalue weighted by Crippen LogP contribution is -2.33. The molecule has 0 aromatic heterocycles. The van der Waals surface area contributed by atoms with Crippen LogP contribution in [0.5, 0.6) is 5.75 Å². The second-order valence-electron chi connectivity index (χ2n) is 7.16. The van der Waals surface area contributed by atoms with E-state index >= 15 is 0 Å². The zero-order valence-corrected chi connectivity index (χ0v) is 14.4. The number of anilines is 1. The molecule has 25 heavy (non-hydrogen) atoms. The summed E-state index contributed by atoms with van der Waals surface area (Å²) in [6.45, 7) is 2.31. The average molecular weight is 336 g/mol. The van der Waals surface area contributed by atoms with E-state index in [1.165, 1.54) is 12.8 Å². The van der Waals surface area contributed by atoms with Crippen molar-refractivity contribution in [2.75, 3.05) is 18.4 Å². The van der Waals surface area contributed by atoms with Gasteiger partial charge >= 0.3 is 0 Å². The lowest BCUT2D eigenvalue weighted by Gasteiger charge is -2.26. The molecule has 1 heterocycles. The van der Waals surface area contributed by atoms with E-state index in [4.69, 9.17) is 0 Å². The van der Waals surface area contributed by atoms with Gasteiger partial charge in [-0.15, -0.1) is 0 Å². The van der Waals surface area contributed by atoms with Crippen LogP contribution in [0.4, 0.5) is 5.69 Å². The van der Waals surface area contributed by atoms with Crippen molar-refractivity contribution >= 4 is 11.6 Å². The largest absolute Gasteiger partial charge is 0.508 e. The molecular weight excluding hydrogens is 312 g/mol. The SMILES string of the molecule is O=C(c1cccc2c1CCCN2)N(Cc1cccc(O)c1)CC1CC1. The Kier molecular flexibility index (Phi) is 4.35. The van der Waals surface area contributed by atoms with Crippen molar-refractivity contribution in [2.24, 2.45) is 5.92 Å².